The molecular weight excluding hydrogens is 280 g/mol. The van der Waals surface area contributed by atoms with Crippen molar-refractivity contribution in [3.05, 3.63) is 24.3 Å². The summed E-state index contributed by atoms with van der Waals surface area (Å²) in [6.07, 6.45) is 0.759. The van der Waals surface area contributed by atoms with Crippen LogP contribution in [0.25, 0.3) is 0 Å². The van der Waals surface area contributed by atoms with Gasteiger partial charge in [-0.2, -0.15) is 0 Å². The summed E-state index contributed by atoms with van der Waals surface area (Å²) >= 11 is 1.50. The van der Waals surface area contributed by atoms with Crippen LogP contribution in [0.15, 0.2) is 29.2 Å². The van der Waals surface area contributed by atoms with Crippen LogP contribution in [0.1, 0.15) is 27.2 Å². The fourth-order valence-corrected chi connectivity index (χ4v) is 4.35. The maximum atomic E-state index is 11.9. The van der Waals surface area contributed by atoms with Crippen molar-refractivity contribution in [2.75, 3.05) is 17.2 Å². The summed E-state index contributed by atoms with van der Waals surface area (Å²) in [6, 6.07) is 7.45. The van der Waals surface area contributed by atoms with E-state index in [1.165, 1.54) is 11.8 Å². The van der Waals surface area contributed by atoms with Crippen LogP contribution in [-0.4, -0.2) is 25.5 Å². The molecule has 0 atom stereocenters. The maximum absolute atomic E-state index is 11.9. The van der Waals surface area contributed by atoms with Crippen LogP contribution in [0.5, 0.6) is 0 Å². The average molecular weight is 302 g/mol. The minimum absolute atomic E-state index is 0.107. The fraction of sp³-hybridized carbons (Fsp3) is 0.538. The molecule has 1 rings (SSSR count). The Morgan fingerprint density at radius 2 is 2.05 bits per heavy atom. The van der Waals surface area contributed by atoms with E-state index < -0.39 is 10.0 Å². The summed E-state index contributed by atoms with van der Waals surface area (Å²) < 4.78 is 26.5. The summed E-state index contributed by atoms with van der Waals surface area (Å²) in [5, 5.41) is 0. The van der Waals surface area contributed by atoms with Crippen LogP contribution in [0.4, 0.5) is 5.69 Å². The molecule has 0 heterocycles. The Bertz CT molecular complexity index is 513. The third kappa shape index (κ3) is 6.31. The number of hydrogen-bond donors (Lipinski definition) is 2. The highest BCUT2D eigenvalue weighted by Gasteiger charge is 2.22. The average Bonchev–Trinajstić information content (AvgIpc) is 2.27. The van der Waals surface area contributed by atoms with Crippen LogP contribution in [-0.2, 0) is 10.0 Å². The molecule has 1 aromatic carbocycles. The number of benzene rings is 1. The Hall–Kier alpha value is -0.720. The molecular formula is C13H22N2O2S2. The number of anilines is 1. The lowest BCUT2D eigenvalue weighted by atomic mass is 10.0. The number of thioether (sulfide) groups is 1. The monoisotopic (exact) mass is 302 g/mol. The molecule has 0 aliphatic carbocycles. The number of rotatable bonds is 7. The third-order valence-electron chi connectivity index (χ3n) is 2.79. The lowest BCUT2D eigenvalue weighted by molar-refractivity contribution is 0.440. The van der Waals surface area contributed by atoms with E-state index in [0.717, 1.165) is 11.3 Å². The van der Waals surface area contributed by atoms with Gasteiger partial charge >= 0.3 is 0 Å². The van der Waals surface area contributed by atoms with Gasteiger partial charge < -0.3 is 5.73 Å². The first-order valence-electron chi connectivity index (χ1n) is 6.24. The van der Waals surface area contributed by atoms with Crippen LogP contribution in [0.3, 0.4) is 0 Å². The van der Waals surface area contributed by atoms with Gasteiger partial charge in [-0.15, -0.1) is 11.8 Å². The summed E-state index contributed by atoms with van der Waals surface area (Å²) in [4.78, 5) is 0.991. The van der Waals surface area contributed by atoms with Crippen molar-refractivity contribution in [3.63, 3.8) is 0 Å². The second-order valence-electron chi connectivity index (χ2n) is 5.08. The largest absolute Gasteiger partial charge is 0.399 e. The van der Waals surface area contributed by atoms with E-state index in [0.29, 0.717) is 11.4 Å². The second kappa shape index (κ2) is 6.63. The summed E-state index contributed by atoms with van der Waals surface area (Å²) in [7, 11) is -3.23. The van der Waals surface area contributed by atoms with Gasteiger partial charge in [0.1, 0.15) is 0 Å². The van der Waals surface area contributed by atoms with Gasteiger partial charge in [0.15, 0.2) is 0 Å². The number of nitrogen functional groups attached to an aromatic ring is 1. The van der Waals surface area contributed by atoms with Crippen molar-refractivity contribution in [2.45, 2.75) is 37.6 Å². The van der Waals surface area contributed by atoms with E-state index >= 15 is 0 Å². The highest BCUT2D eigenvalue weighted by atomic mass is 32.2. The molecule has 0 saturated carbocycles. The molecule has 3 N–H and O–H groups in total. The molecule has 6 heteroatoms. The maximum Gasteiger partial charge on any atom is 0.212 e. The van der Waals surface area contributed by atoms with Crippen LogP contribution >= 0.6 is 11.8 Å². The van der Waals surface area contributed by atoms with E-state index in [1.807, 2.05) is 45.0 Å². The minimum atomic E-state index is -3.23. The highest BCUT2D eigenvalue weighted by molar-refractivity contribution is 8.00. The van der Waals surface area contributed by atoms with Crippen LogP contribution in [0.2, 0.25) is 0 Å². The Morgan fingerprint density at radius 3 is 2.63 bits per heavy atom. The van der Waals surface area contributed by atoms with Crippen molar-refractivity contribution in [3.8, 4) is 0 Å². The van der Waals surface area contributed by atoms with E-state index in [9.17, 15) is 8.42 Å². The zero-order valence-electron chi connectivity index (χ0n) is 11.6. The Kier molecular flexibility index (Phi) is 5.70. The molecule has 1 aromatic rings. The highest BCUT2D eigenvalue weighted by Crippen LogP contribution is 2.20. The SMILES string of the molecule is CCC(C)(C)NS(=O)(=O)CCSc1cccc(N)c1. The minimum Gasteiger partial charge on any atom is -0.399 e. The molecule has 0 bridgehead atoms. The molecule has 0 spiro atoms. The number of nitrogens with one attached hydrogen (secondary N) is 1. The molecule has 0 aliphatic rings. The van der Waals surface area contributed by atoms with Gasteiger partial charge in [-0.25, -0.2) is 13.1 Å². The summed E-state index contributed by atoms with van der Waals surface area (Å²) in [5.41, 5.74) is 5.98. The van der Waals surface area contributed by atoms with Crippen molar-refractivity contribution in [1.82, 2.24) is 4.72 Å². The topological polar surface area (TPSA) is 72.2 Å². The molecule has 19 heavy (non-hydrogen) atoms. The molecule has 0 unspecified atom stereocenters. The number of nitrogens with two attached hydrogens (primary N) is 1. The first kappa shape index (κ1) is 16.3. The van der Waals surface area contributed by atoms with Crippen molar-refractivity contribution < 1.29 is 8.42 Å². The van der Waals surface area contributed by atoms with Gasteiger partial charge in [0, 0.05) is 21.9 Å². The van der Waals surface area contributed by atoms with Gasteiger partial charge in [-0.1, -0.05) is 13.0 Å². The smallest absolute Gasteiger partial charge is 0.212 e. The van der Waals surface area contributed by atoms with Crippen molar-refractivity contribution in [2.24, 2.45) is 0 Å². The second-order valence-corrected chi connectivity index (χ2v) is 8.09. The van der Waals surface area contributed by atoms with Crippen LogP contribution in [0, 0.1) is 0 Å². The zero-order chi connectivity index (χ0) is 14.5. The van der Waals surface area contributed by atoms with Gasteiger partial charge in [-0.3, -0.25) is 0 Å². The van der Waals surface area contributed by atoms with E-state index in [2.05, 4.69) is 4.72 Å². The molecule has 0 radical (unpaired) electrons. The van der Waals surface area contributed by atoms with E-state index in [4.69, 9.17) is 5.73 Å². The molecule has 0 aliphatic heterocycles. The molecule has 108 valence electrons. The third-order valence-corrected chi connectivity index (χ3v) is 5.65. The van der Waals surface area contributed by atoms with Gasteiger partial charge in [0.05, 0.1) is 5.75 Å². The standard InChI is InChI=1S/C13H22N2O2S2/c1-4-13(2,3)15-19(16,17)9-8-18-12-7-5-6-11(14)10-12/h5-7,10,15H,4,8-9,14H2,1-3H3. The predicted octanol–water partition coefficient (Wildman–Crippen LogP) is 2.47. The lowest BCUT2D eigenvalue weighted by Crippen LogP contribution is -2.44. The van der Waals surface area contributed by atoms with E-state index in [-0.39, 0.29) is 11.3 Å². The Balaban J connectivity index is 2.48. The molecule has 4 nitrogen and oxygen atoms in total. The van der Waals surface area contributed by atoms with Crippen LogP contribution < -0.4 is 10.5 Å². The molecule has 0 fully saturated rings. The quantitative estimate of drug-likeness (QED) is 0.599. The normalized spacial score (nSPS) is 12.6. The van der Waals surface area contributed by atoms with E-state index in [1.54, 1.807) is 0 Å². The van der Waals surface area contributed by atoms with Crippen molar-refractivity contribution >= 4 is 27.5 Å². The van der Waals surface area contributed by atoms with Gasteiger partial charge in [0.25, 0.3) is 0 Å². The Labute approximate surface area is 120 Å². The Morgan fingerprint density at radius 1 is 1.37 bits per heavy atom. The zero-order valence-corrected chi connectivity index (χ0v) is 13.3. The number of hydrogen-bond acceptors (Lipinski definition) is 4. The lowest BCUT2D eigenvalue weighted by Gasteiger charge is -2.24. The first-order chi connectivity index (χ1) is 8.74. The summed E-state index contributed by atoms with van der Waals surface area (Å²) in [5.74, 6) is 0.620. The molecule has 0 amide bonds. The first-order valence-corrected chi connectivity index (χ1v) is 8.88. The van der Waals surface area contributed by atoms with Crippen molar-refractivity contribution in [1.29, 1.82) is 0 Å². The fourth-order valence-electron chi connectivity index (χ4n) is 1.42. The van der Waals surface area contributed by atoms with Gasteiger partial charge in [0.2, 0.25) is 10.0 Å². The molecule has 0 aromatic heterocycles. The van der Waals surface area contributed by atoms with Gasteiger partial charge in [-0.05, 0) is 38.5 Å². The molecule has 0 saturated heterocycles. The number of sulfonamides is 1. The summed E-state index contributed by atoms with van der Waals surface area (Å²) in [6.45, 7) is 5.73. The predicted molar refractivity (Wildman–Crippen MR) is 82.9 cm³/mol.